The maximum absolute atomic E-state index is 12.3. The summed E-state index contributed by atoms with van der Waals surface area (Å²) in [6.45, 7) is 0.236. The van der Waals surface area contributed by atoms with Crippen molar-refractivity contribution in [2.24, 2.45) is 5.73 Å². The minimum atomic E-state index is -2.50. The lowest BCUT2D eigenvalue weighted by Gasteiger charge is -2.07. The van der Waals surface area contributed by atoms with Crippen LogP contribution < -0.4 is 5.73 Å². The largest absolute Gasteiger partial charge is 0.325 e. The molecule has 0 amide bonds. The average molecular weight is 363 g/mol. The summed E-state index contributed by atoms with van der Waals surface area (Å²) < 4.78 is 25.7. The summed E-state index contributed by atoms with van der Waals surface area (Å²) in [4.78, 5) is 3.82. The first-order valence-corrected chi connectivity index (χ1v) is 5.26. The van der Waals surface area contributed by atoms with Crippen molar-refractivity contribution < 1.29 is 8.78 Å². The van der Waals surface area contributed by atoms with E-state index in [4.69, 9.17) is 5.73 Å². The van der Waals surface area contributed by atoms with Crippen molar-refractivity contribution in [1.29, 1.82) is 0 Å². The highest BCUT2D eigenvalue weighted by Gasteiger charge is 2.16. The molecule has 0 spiro atoms. The van der Waals surface area contributed by atoms with Crippen molar-refractivity contribution in [3.8, 4) is 0 Å². The molecule has 0 saturated heterocycles. The van der Waals surface area contributed by atoms with E-state index in [1.165, 1.54) is 6.20 Å². The van der Waals surface area contributed by atoms with Crippen molar-refractivity contribution in [3.63, 3.8) is 0 Å². The molecule has 6 heteroatoms. The fourth-order valence-electron chi connectivity index (χ4n) is 0.809. The van der Waals surface area contributed by atoms with E-state index in [0.29, 0.717) is 13.7 Å². The van der Waals surface area contributed by atoms with Crippen LogP contribution in [0.15, 0.2) is 10.7 Å². The van der Waals surface area contributed by atoms with Crippen molar-refractivity contribution in [2.75, 3.05) is 0 Å². The van der Waals surface area contributed by atoms with Gasteiger partial charge in [-0.15, -0.1) is 0 Å². The van der Waals surface area contributed by atoms with Gasteiger partial charge in [0.15, 0.2) is 0 Å². The van der Waals surface area contributed by atoms with Gasteiger partial charge in [-0.05, 0) is 38.5 Å². The number of pyridine rings is 1. The first-order valence-electron chi connectivity index (χ1n) is 3.39. The third-order valence-electron chi connectivity index (χ3n) is 1.49. The monoisotopic (exact) mass is 362 g/mol. The Morgan fingerprint density at radius 3 is 2.69 bits per heavy atom. The third-order valence-corrected chi connectivity index (χ3v) is 4.25. The molecule has 1 aromatic heterocycles. The number of rotatable bonds is 2. The summed E-state index contributed by atoms with van der Waals surface area (Å²) in [6, 6.07) is 0. The molecule has 1 heterocycles. The molecule has 1 aromatic rings. The Morgan fingerprint density at radius 2 is 2.23 bits per heavy atom. The highest BCUT2D eigenvalue weighted by molar-refractivity contribution is 14.1. The van der Waals surface area contributed by atoms with Crippen molar-refractivity contribution in [2.45, 2.75) is 13.0 Å². The molecule has 72 valence electrons. The lowest BCUT2D eigenvalue weighted by atomic mass is 10.2. The van der Waals surface area contributed by atoms with Gasteiger partial charge < -0.3 is 5.73 Å². The molecule has 0 fully saturated rings. The number of hydrogen-bond donors (Lipinski definition) is 1. The summed E-state index contributed by atoms with van der Waals surface area (Å²) in [7, 11) is 0. The smallest absolute Gasteiger partial charge is 0.266 e. The molecular formula is C7H6BrF2IN2. The fourth-order valence-corrected chi connectivity index (χ4v) is 1.99. The number of hydrogen-bond acceptors (Lipinski definition) is 2. The van der Waals surface area contributed by atoms with E-state index in [-0.39, 0.29) is 12.1 Å². The number of nitrogens with zero attached hydrogens (tertiary/aromatic N) is 1. The van der Waals surface area contributed by atoms with E-state index in [9.17, 15) is 8.78 Å². The third kappa shape index (κ3) is 2.35. The second kappa shape index (κ2) is 4.61. The summed E-state index contributed by atoms with van der Waals surface area (Å²) in [5, 5.41) is 0. The van der Waals surface area contributed by atoms with Gasteiger partial charge in [0.05, 0.1) is 15.7 Å². The second-order valence-corrected chi connectivity index (χ2v) is 4.16. The average Bonchev–Trinajstić information content (AvgIpc) is 2.09. The molecule has 0 aliphatic rings. The maximum Gasteiger partial charge on any atom is 0.266 e. The first kappa shape index (κ1) is 11.3. The van der Waals surface area contributed by atoms with Crippen molar-refractivity contribution >= 4 is 38.5 Å². The van der Waals surface area contributed by atoms with Gasteiger partial charge in [-0.3, -0.25) is 4.98 Å². The zero-order chi connectivity index (χ0) is 10.0. The molecule has 13 heavy (non-hydrogen) atoms. The number of halogens is 4. The zero-order valence-corrected chi connectivity index (χ0v) is 10.1. The van der Waals surface area contributed by atoms with Gasteiger partial charge in [0.2, 0.25) is 0 Å². The van der Waals surface area contributed by atoms with Crippen LogP contribution in [0.3, 0.4) is 0 Å². The zero-order valence-electron chi connectivity index (χ0n) is 6.40. The first-order chi connectivity index (χ1) is 6.07. The second-order valence-electron chi connectivity index (χ2n) is 2.29. The Bertz CT molecular complexity index is 320. The van der Waals surface area contributed by atoms with E-state index in [1.54, 1.807) is 0 Å². The lowest BCUT2D eigenvalue weighted by molar-refractivity contribution is 0.150. The Kier molecular flexibility index (Phi) is 3.99. The highest BCUT2D eigenvalue weighted by Crippen LogP contribution is 2.30. The predicted octanol–water partition coefficient (Wildman–Crippen LogP) is 2.85. The van der Waals surface area contributed by atoms with Crippen LogP contribution in [0, 0.1) is 3.57 Å². The molecule has 0 aliphatic carbocycles. The normalized spacial score (nSPS) is 10.9. The number of aromatic nitrogens is 1. The molecule has 0 aromatic carbocycles. The molecule has 0 unspecified atom stereocenters. The van der Waals surface area contributed by atoms with Crippen LogP contribution in [0.4, 0.5) is 8.78 Å². The maximum atomic E-state index is 12.3. The molecule has 0 saturated carbocycles. The standard InChI is InChI=1S/C7H6BrF2IN2/c8-5-4(1-12)13-2-3(6(5)11)7(9)10/h2,7H,1,12H2. The van der Waals surface area contributed by atoms with Crippen molar-refractivity contribution in [3.05, 3.63) is 25.5 Å². The quantitative estimate of drug-likeness (QED) is 0.821. The Morgan fingerprint density at radius 1 is 1.62 bits per heavy atom. The Hall–Kier alpha value is 0.180. The number of nitrogens with two attached hydrogens (primary N) is 1. The van der Waals surface area contributed by atoms with Crippen LogP contribution in [0.5, 0.6) is 0 Å². The summed E-state index contributed by atoms with van der Waals surface area (Å²) in [5.41, 5.74) is 5.89. The topological polar surface area (TPSA) is 38.9 Å². The van der Waals surface area contributed by atoms with Gasteiger partial charge in [-0.2, -0.15) is 0 Å². The van der Waals surface area contributed by atoms with E-state index in [2.05, 4.69) is 20.9 Å². The van der Waals surface area contributed by atoms with Crippen molar-refractivity contribution in [1.82, 2.24) is 4.98 Å². The summed E-state index contributed by atoms with van der Waals surface area (Å²) in [6.07, 6.45) is -1.33. The number of alkyl halides is 2. The van der Waals surface area contributed by atoms with E-state index < -0.39 is 6.43 Å². The molecule has 0 atom stereocenters. The van der Waals surface area contributed by atoms with Crippen LogP contribution in [0.1, 0.15) is 17.7 Å². The van der Waals surface area contributed by atoms with Gasteiger partial charge in [-0.25, -0.2) is 8.78 Å². The molecule has 0 bridgehead atoms. The minimum Gasteiger partial charge on any atom is -0.325 e. The Labute approximate surface area is 96.2 Å². The van der Waals surface area contributed by atoms with Crippen LogP contribution in [-0.2, 0) is 6.54 Å². The van der Waals surface area contributed by atoms with Crippen LogP contribution in [0.2, 0.25) is 0 Å². The SMILES string of the molecule is NCc1ncc(C(F)F)c(I)c1Br. The predicted molar refractivity (Wildman–Crippen MR) is 57.5 cm³/mol. The molecular weight excluding hydrogens is 357 g/mol. The van der Waals surface area contributed by atoms with Crippen LogP contribution in [-0.4, -0.2) is 4.98 Å². The Balaban J connectivity index is 3.23. The molecule has 0 aliphatic heterocycles. The molecule has 1 rings (SSSR count). The van der Waals surface area contributed by atoms with Gasteiger partial charge in [-0.1, -0.05) is 0 Å². The highest BCUT2D eigenvalue weighted by atomic mass is 127. The molecule has 2 N–H and O–H groups in total. The molecule has 0 radical (unpaired) electrons. The fraction of sp³-hybridized carbons (Fsp3) is 0.286. The van der Waals surface area contributed by atoms with Gasteiger partial charge >= 0.3 is 0 Å². The van der Waals surface area contributed by atoms with E-state index in [0.717, 1.165) is 0 Å². The van der Waals surface area contributed by atoms with E-state index in [1.807, 2.05) is 22.6 Å². The minimum absolute atomic E-state index is 0.0651. The van der Waals surface area contributed by atoms with Gasteiger partial charge in [0.25, 0.3) is 6.43 Å². The van der Waals surface area contributed by atoms with Crippen LogP contribution >= 0.6 is 38.5 Å². The molecule has 2 nitrogen and oxygen atoms in total. The van der Waals surface area contributed by atoms with Gasteiger partial charge in [0.1, 0.15) is 0 Å². The lowest BCUT2D eigenvalue weighted by Crippen LogP contribution is -2.04. The summed E-state index contributed by atoms with van der Waals surface area (Å²) >= 11 is 5.02. The summed E-state index contributed by atoms with van der Waals surface area (Å²) in [5.74, 6) is 0. The van der Waals surface area contributed by atoms with Crippen LogP contribution in [0.25, 0.3) is 0 Å². The van der Waals surface area contributed by atoms with Gasteiger partial charge in [0, 0.05) is 16.3 Å². The van der Waals surface area contributed by atoms with E-state index >= 15 is 0 Å².